The van der Waals surface area contributed by atoms with Crippen LogP contribution in [-0.2, 0) is 19.6 Å². The highest BCUT2D eigenvalue weighted by atomic mass is 32.2. The lowest BCUT2D eigenvalue weighted by Crippen LogP contribution is -2.30. The van der Waals surface area contributed by atoms with Crippen LogP contribution in [0.25, 0.3) is 0 Å². The molecule has 9 nitrogen and oxygen atoms in total. The van der Waals surface area contributed by atoms with Gasteiger partial charge in [-0.05, 0) is 30.3 Å². The van der Waals surface area contributed by atoms with Crippen LogP contribution in [0.15, 0.2) is 53.4 Å². The number of para-hydroxylation sites is 1. The van der Waals surface area contributed by atoms with Gasteiger partial charge < -0.3 is 20.5 Å². The number of carbonyl (C=O) groups is 2. The van der Waals surface area contributed by atoms with Crippen molar-refractivity contribution in [2.45, 2.75) is 4.90 Å². The van der Waals surface area contributed by atoms with E-state index in [9.17, 15) is 18.0 Å². The van der Waals surface area contributed by atoms with Crippen molar-refractivity contribution >= 4 is 33.3 Å². The van der Waals surface area contributed by atoms with Crippen LogP contribution in [0.1, 0.15) is 10.4 Å². The summed E-state index contributed by atoms with van der Waals surface area (Å²) < 4.78 is 32.3. The molecular weight excluding hydrogens is 386 g/mol. The van der Waals surface area contributed by atoms with Gasteiger partial charge in [-0.15, -0.1) is 0 Å². The van der Waals surface area contributed by atoms with E-state index in [1.165, 1.54) is 25.3 Å². The Balaban J connectivity index is 2.34. The SMILES string of the molecule is COC(=O)CNC(=O)c1cc(NCCO)cc(S(=O)(=O)Nc2ccccc2)c1. The average Bonchev–Trinajstić information content (AvgIpc) is 2.70. The molecule has 28 heavy (non-hydrogen) atoms. The van der Waals surface area contributed by atoms with Crippen molar-refractivity contribution < 1.29 is 27.9 Å². The first kappa shape index (κ1) is 21.2. The summed E-state index contributed by atoms with van der Waals surface area (Å²) in [6.07, 6.45) is 0. The molecule has 0 saturated heterocycles. The molecule has 2 aromatic carbocycles. The fourth-order valence-electron chi connectivity index (χ4n) is 2.23. The second kappa shape index (κ2) is 9.72. The molecule has 2 aromatic rings. The molecule has 0 aliphatic heterocycles. The number of nitrogens with one attached hydrogen (secondary N) is 3. The molecule has 0 heterocycles. The third-order valence-electron chi connectivity index (χ3n) is 3.57. The average molecular weight is 407 g/mol. The largest absolute Gasteiger partial charge is 0.468 e. The van der Waals surface area contributed by atoms with Crippen molar-refractivity contribution in [3.05, 3.63) is 54.1 Å². The van der Waals surface area contributed by atoms with Crippen LogP contribution < -0.4 is 15.4 Å². The summed E-state index contributed by atoms with van der Waals surface area (Å²) in [4.78, 5) is 23.4. The van der Waals surface area contributed by atoms with Gasteiger partial charge in [0, 0.05) is 23.5 Å². The number of esters is 1. The van der Waals surface area contributed by atoms with Crippen molar-refractivity contribution in [2.75, 3.05) is 36.8 Å². The minimum absolute atomic E-state index is 0.0280. The Kier molecular flexibility index (Phi) is 7.36. The van der Waals surface area contributed by atoms with Gasteiger partial charge in [0.1, 0.15) is 6.54 Å². The van der Waals surface area contributed by atoms with E-state index >= 15 is 0 Å². The quantitative estimate of drug-likeness (QED) is 0.452. The Morgan fingerprint density at radius 2 is 1.79 bits per heavy atom. The van der Waals surface area contributed by atoms with Crippen LogP contribution >= 0.6 is 0 Å². The zero-order chi connectivity index (χ0) is 20.6. The Bertz CT molecular complexity index is 932. The molecule has 0 spiro atoms. The maximum atomic E-state index is 12.7. The molecule has 0 aliphatic rings. The number of ether oxygens (including phenoxy) is 1. The molecule has 0 saturated carbocycles. The van der Waals surface area contributed by atoms with Crippen molar-refractivity contribution in [3.8, 4) is 0 Å². The van der Waals surface area contributed by atoms with Crippen LogP contribution in [0, 0.1) is 0 Å². The molecule has 10 heteroatoms. The standard InChI is InChI=1S/C18H21N3O6S/c1-27-17(23)12-20-18(24)13-9-15(19-7-8-22)11-16(10-13)28(25,26)21-14-5-3-2-4-6-14/h2-6,9-11,19,21-22H,7-8,12H2,1H3,(H,20,24). The minimum Gasteiger partial charge on any atom is -0.468 e. The molecule has 150 valence electrons. The second-order valence-electron chi connectivity index (χ2n) is 5.63. The lowest BCUT2D eigenvalue weighted by molar-refractivity contribution is -0.139. The molecular formula is C18H21N3O6S. The fourth-order valence-corrected chi connectivity index (χ4v) is 3.36. The number of methoxy groups -OCH3 is 1. The molecule has 0 radical (unpaired) electrons. The number of sulfonamides is 1. The van der Waals surface area contributed by atoms with Crippen LogP contribution in [0.2, 0.25) is 0 Å². The number of benzene rings is 2. The third-order valence-corrected chi connectivity index (χ3v) is 4.93. The number of aliphatic hydroxyl groups is 1. The van der Waals surface area contributed by atoms with E-state index in [2.05, 4.69) is 20.1 Å². The normalized spacial score (nSPS) is 10.8. The van der Waals surface area contributed by atoms with E-state index in [-0.39, 0.29) is 30.2 Å². The molecule has 2 rings (SSSR count). The summed E-state index contributed by atoms with van der Waals surface area (Å²) in [5, 5.41) is 14.2. The second-order valence-corrected chi connectivity index (χ2v) is 7.31. The Morgan fingerprint density at radius 3 is 2.43 bits per heavy atom. The molecule has 0 atom stereocenters. The maximum Gasteiger partial charge on any atom is 0.325 e. The molecule has 0 bridgehead atoms. The predicted molar refractivity (Wildman–Crippen MR) is 104 cm³/mol. The molecule has 0 fully saturated rings. The van der Waals surface area contributed by atoms with E-state index < -0.39 is 21.9 Å². The maximum absolute atomic E-state index is 12.7. The smallest absolute Gasteiger partial charge is 0.325 e. The van der Waals surface area contributed by atoms with E-state index in [1.54, 1.807) is 30.3 Å². The van der Waals surface area contributed by atoms with Crippen molar-refractivity contribution in [1.82, 2.24) is 5.32 Å². The summed E-state index contributed by atoms with van der Waals surface area (Å²) in [5.41, 5.74) is 0.724. The van der Waals surface area contributed by atoms with Crippen molar-refractivity contribution in [2.24, 2.45) is 0 Å². The van der Waals surface area contributed by atoms with Gasteiger partial charge in [0.25, 0.3) is 15.9 Å². The molecule has 4 N–H and O–H groups in total. The first-order valence-corrected chi connectivity index (χ1v) is 9.76. The van der Waals surface area contributed by atoms with Crippen LogP contribution in [0.4, 0.5) is 11.4 Å². The highest BCUT2D eigenvalue weighted by Crippen LogP contribution is 2.22. The Labute approximate surface area is 162 Å². The molecule has 1 amide bonds. The van der Waals surface area contributed by atoms with Gasteiger partial charge >= 0.3 is 5.97 Å². The van der Waals surface area contributed by atoms with E-state index in [0.717, 1.165) is 0 Å². The van der Waals surface area contributed by atoms with Gasteiger partial charge in [-0.3, -0.25) is 14.3 Å². The topological polar surface area (TPSA) is 134 Å². The first-order valence-electron chi connectivity index (χ1n) is 8.28. The fraction of sp³-hybridized carbons (Fsp3) is 0.222. The lowest BCUT2D eigenvalue weighted by Gasteiger charge is -2.13. The summed E-state index contributed by atoms with van der Waals surface area (Å²) in [5.74, 6) is -1.28. The van der Waals surface area contributed by atoms with Crippen LogP contribution in [0.5, 0.6) is 0 Å². The number of hydrogen-bond donors (Lipinski definition) is 4. The van der Waals surface area contributed by atoms with Gasteiger partial charge in [0.05, 0.1) is 18.6 Å². The van der Waals surface area contributed by atoms with E-state index in [0.29, 0.717) is 11.4 Å². The van der Waals surface area contributed by atoms with Crippen LogP contribution in [-0.4, -0.2) is 52.2 Å². The third kappa shape index (κ3) is 5.96. The summed E-state index contributed by atoms with van der Waals surface area (Å²) in [6.45, 7) is -0.365. The number of amides is 1. The van der Waals surface area contributed by atoms with E-state index in [4.69, 9.17) is 5.11 Å². The number of rotatable bonds is 9. The molecule has 0 aliphatic carbocycles. The summed E-state index contributed by atoms with van der Waals surface area (Å²) >= 11 is 0. The van der Waals surface area contributed by atoms with Gasteiger partial charge in [-0.1, -0.05) is 18.2 Å². The Hall–Kier alpha value is -3.11. The van der Waals surface area contributed by atoms with Crippen LogP contribution in [0.3, 0.4) is 0 Å². The minimum atomic E-state index is -3.98. The number of carbonyl (C=O) groups excluding carboxylic acids is 2. The van der Waals surface area contributed by atoms with Gasteiger partial charge in [0.15, 0.2) is 0 Å². The number of hydrogen-bond acceptors (Lipinski definition) is 7. The lowest BCUT2D eigenvalue weighted by atomic mass is 10.2. The predicted octanol–water partition coefficient (Wildman–Crippen LogP) is 0.794. The van der Waals surface area contributed by atoms with Gasteiger partial charge in [-0.25, -0.2) is 8.42 Å². The molecule has 0 aromatic heterocycles. The number of aliphatic hydroxyl groups excluding tert-OH is 1. The summed E-state index contributed by atoms with van der Waals surface area (Å²) in [6, 6.07) is 12.3. The monoisotopic (exact) mass is 407 g/mol. The zero-order valence-electron chi connectivity index (χ0n) is 15.1. The summed E-state index contributed by atoms with van der Waals surface area (Å²) in [7, 11) is -2.79. The van der Waals surface area contributed by atoms with Gasteiger partial charge in [-0.2, -0.15) is 0 Å². The molecule has 0 unspecified atom stereocenters. The van der Waals surface area contributed by atoms with Crippen molar-refractivity contribution in [3.63, 3.8) is 0 Å². The van der Waals surface area contributed by atoms with Gasteiger partial charge in [0.2, 0.25) is 0 Å². The van der Waals surface area contributed by atoms with Crippen molar-refractivity contribution in [1.29, 1.82) is 0 Å². The Morgan fingerprint density at radius 1 is 1.07 bits per heavy atom. The van der Waals surface area contributed by atoms with E-state index in [1.807, 2.05) is 0 Å². The zero-order valence-corrected chi connectivity index (χ0v) is 16.0. The highest BCUT2D eigenvalue weighted by Gasteiger charge is 2.19. The first-order chi connectivity index (χ1) is 13.4. The number of anilines is 2. The highest BCUT2D eigenvalue weighted by molar-refractivity contribution is 7.92.